The molecule has 9 unspecified atom stereocenters. The maximum Gasteiger partial charge on any atom is 0.109 e. The first-order valence-electron chi connectivity index (χ1n) is 6.93. The Morgan fingerprint density at radius 2 is 0.955 bits per heavy atom. The van der Waals surface area contributed by atoms with Crippen LogP contribution in [0.2, 0.25) is 0 Å². The predicted molar refractivity (Wildman–Crippen MR) is 75.2 cm³/mol. The van der Waals surface area contributed by atoms with E-state index < -0.39 is 84.0 Å². The summed E-state index contributed by atoms with van der Waals surface area (Å²) < 4.78 is 11.7. The lowest BCUT2D eigenvalue weighted by molar-refractivity contribution is -0.112. The Balaban J connectivity index is 2.92. The van der Waals surface area contributed by atoms with E-state index >= 15 is 0 Å². The van der Waals surface area contributed by atoms with E-state index in [2.05, 4.69) is 0 Å². The fourth-order valence-corrected chi connectivity index (χ4v) is 3.58. The van der Waals surface area contributed by atoms with Crippen molar-refractivity contribution >= 4 is 10.8 Å². The molecule has 132 valence electrons. The standard InChI is InChI=1S/C12H24O9S/c13-5-1-6(14)10(18)8(16)3-22(21)4-9(17)12(20)11(19)7(15)2-5/h5-20H,1-4H2. The molecule has 1 fully saturated rings. The van der Waals surface area contributed by atoms with Gasteiger partial charge in [0.2, 0.25) is 0 Å². The lowest BCUT2D eigenvalue weighted by Crippen LogP contribution is -2.47. The summed E-state index contributed by atoms with van der Waals surface area (Å²) in [5.74, 6) is -0.954. The zero-order valence-electron chi connectivity index (χ0n) is 11.8. The van der Waals surface area contributed by atoms with Gasteiger partial charge in [-0.05, 0) is 0 Å². The summed E-state index contributed by atoms with van der Waals surface area (Å²) in [6.45, 7) is 0. The minimum Gasteiger partial charge on any atom is -0.393 e. The average molecular weight is 344 g/mol. The topological polar surface area (TPSA) is 179 Å². The minimum absolute atomic E-state index is 0.396. The van der Waals surface area contributed by atoms with Gasteiger partial charge in [-0.25, -0.2) is 0 Å². The van der Waals surface area contributed by atoms with E-state index in [0.717, 1.165) is 0 Å². The molecule has 9 nitrogen and oxygen atoms in total. The van der Waals surface area contributed by atoms with Gasteiger partial charge >= 0.3 is 0 Å². The van der Waals surface area contributed by atoms with Gasteiger partial charge in [-0.2, -0.15) is 0 Å². The molecule has 0 aromatic rings. The highest BCUT2D eigenvalue weighted by atomic mass is 32.2. The van der Waals surface area contributed by atoms with E-state index in [1.54, 1.807) is 0 Å². The second kappa shape index (κ2) is 8.62. The molecular formula is C12H24O9S. The maximum absolute atomic E-state index is 11.7. The Bertz CT molecular complexity index is 369. The summed E-state index contributed by atoms with van der Waals surface area (Å²) >= 11 is 0. The van der Waals surface area contributed by atoms with Crippen molar-refractivity contribution in [3.63, 3.8) is 0 Å². The van der Waals surface area contributed by atoms with Crippen LogP contribution in [0.4, 0.5) is 0 Å². The zero-order chi connectivity index (χ0) is 17.0. The van der Waals surface area contributed by atoms with Gasteiger partial charge in [0, 0.05) is 23.6 Å². The van der Waals surface area contributed by atoms with Crippen LogP contribution in [0.1, 0.15) is 12.8 Å². The minimum atomic E-state index is -1.84. The van der Waals surface area contributed by atoms with Crippen molar-refractivity contribution in [2.24, 2.45) is 0 Å². The van der Waals surface area contributed by atoms with E-state index in [0.29, 0.717) is 0 Å². The zero-order valence-corrected chi connectivity index (χ0v) is 12.7. The van der Waals surface area contributed by atoms with Crippen LogP contribution in [0.25, 0.3) is 0 Å². The van der Waals surface area contributed by atoms with Gasteiger partial charge in [-0.3, -0.25) is 4.21 Å². The number of aliphatic hydroxyl groups excluding tert-OH is 8. The lowest BCUT2D eigenvalue weighted by Gasteiger charge is -2.27. The summed E-state index contributed by atoms with van der Waals surface area (Å²) in [5.41, 5.74) is 0. The molecule has 9 atom stereocenters. The summed E-state index contributed by atoms with van der Waals surface area (Å²) in [4.78, 5) is 0. The predicted octanol–water partition coefficient (Wildman–Crippen LogP) is -4.58. The van der Waals surface area contributed by atoms with Gasteiger partial charge in [-0.1, -0.05) is 0 Å². The van der Waals surface area contributed by atoms with E-state index in [1.165, 1.54) is 0 Å². The molecule has 10 heteroatoms. The molecule has 0 aromatic heterocycles. The largest absolute Gasteiger partial charge is 0.393 e. The molecule has 0 bridgehead atoms. The molecule has 0 saturated carbocycles. The summed E-state index contributed by atoms with van der Waals surface area (Å²) in [6.07, 6.45) is -13.7. The Kier molecular flexibility index (Phi) is 7.79. The lowest BCUT2D eigenvalue weighted by atomic mass is 9.95. The fourth-order valence-electron chi connectivity index (χ4n) is 2.29. The first kappa shape index (κ1) is 19.9. The molecule has 1 heterocycles. The van der Waals surface area contributed by atoms with Crippen molar-refractivity contribution in [3.8, 4) is 0 Å². The van der Waals surface area contributed by atoms with Crippen molar-refractivity contribution < 1.29 is 45.1 Å². The van der Waals surface area contributed by atoms with Gasteiger partial charge < -0.3 is 40.9 Å². The summed E-state index contributed by atoms with van der Waals surface area (Å²) in [6, 6.07) is 0. The van der Waals surface area contributed by atoms with Crippen molar-refractivity contribution in [1.82, 2.24) is 0 Å². The SMILES string of the molecule is O=S1CC(O)C(O)C(O)CC(O)CC(O)C(O)C(O)C(O)C1. The van der Waals surface area contributed by atoms with Crippen molar-refractivity contribution in [3.05, 3.63) is 0 Å². The molecule has 0 spiro atoms. The second-order valence-electron chi connectivity index (χ2n) is 5.64. The molecule has 1 rings (SSSR count). The number of rotatable bonds is 0. The molecular weight excluding hydrogens is 320 g/mol. The highest BCUT2D eigenvalue weighted by molar-refractivity contribution is 7.85. The first-order chi connectivity index (χ1) is 10.1. The Hall–Kier alpha value is -0.170. The number of hydrogen-bond acceptors (Lipinski definition) is 9. The third-order valence-corrected chi connectivity index (χ3v) is 5.09. The van der Waals surface area contributed by atoms with E-state index in [1.807, 2.05) is 0 Å². The molecule has 0 radical (unpaired) electrons. The molecule has 22 heavy (non-hydrogen) atoms. The van der Waals surface area contributed by atoms with E-state index in [-0.39, 0.29) is 0 Å². The van der Waals surface area contributed by atoms with Crippen LogP contribution in [0.3, 0.4) is 0 Å². The molecule has 1 saturated heterocycles. The van der Waals surface area contributed by atoms with Crippen LogP contribution in [0, 0.1) is 0 Å². The van der Waals surface area contributed by atoms with Gasteiger partial charge in [0.15, 0.2) is 0 Å². The molecule has 1 aliphatic heterocycles. The molecule has 0 amide bonds. The van der Waals surface area contributed by atoms with Gasteiger partial charge in [0.05, 0.1) is 42.0 Å². The van der Waals surface area contributed by atoms with Crippen LogP contribution in [0.15, 0.2) is 0 Å². The third-order valence-electron chi connectivity index (χ3n) is 3.67. The summed E-state index contributed by atoms with van der Waals surface area (Å²) in [7, 11) is -1.84. The molecule has 0 aliphatic carbocycles. The third kappa shape index (κ3) is 5.48. The van der Waals surface area contributed by atoms with E-state index in [4.69, 9.17) is 0 Å². The summed E-state index contributed by atoms with van der Waals surface area (Å²) in [5, 5.41) is 77.6. The van der Waals surface area contributed by atoms with Crippen LogP contribution >= 0.6 is 0 Å². The first-order valence-corrected chi connectivity index (χ1v) is 8.41. The molecule has 0 aromatic carbocycles. The molecule has 8 N–H and O–H groups in total. The Morgan fingerprint density at radius 1 is 0.591 bits per heavy atom. The van der Waals surface area contributed by atoms with Gasteiger partial charge in [0.1, 0.15) is 18.3 Å². The van der Waals surface area contributed by atoms with Crippen LogP contribution < -0.4 is 0 Å². The quantitative estimate of drug-likeness (QED) is 0.215. The van der Waals surface area contributed by atoms with Crippen LogP contribution in [-0.2, 0) is 10.8 Å². The van der Waals surface area contributed by atoms with Gasteiger partial charge in [0.25, 0.3) is 0 Å². The smallest absolute Gasteiger partial charge is 0.109 e. The monoisotopic (exact) mass is 344 g/mol. The van der Waals surface area contributed by atoms with Crippen molar-refractivity contribution in [2.45, 2.75) is 61.7 Å². The highest BCUT2D eigenvalue weighted by Crippen LogP contribution is 2.17. The Labute approximate surface area is 129 Å². The fraction of sp³-hybridized carbons (Fsp3) is 1.00. The van der Waals surface area contributed by atoms with E-state index in [9.17, 15) is 45.1 Å². The number of hydrogen-bond donors (Lipinski definition) is 8. The normalized spacial score (nSPS) is 49.7. The van der Waals surface area contributed by atoms with Crippen LogP contribution in [0.5, 0.6) is 0 Å². The highest BCUT2D eigenvalue weighted by Gasteiger charge is 2.35. The van der Waals surface area contributed by atoms with Crippen LogP contribution in [-0.4, -0.2) is 105 Å². The second-order valence-corrected chi connectivity index (χ2v) is 7.19. The maximum atomic E-state index is 11.7. The average Bonchev–Trinajstić information content (AvgIpc) is 2.43. The van der Waals surface area contributed by atoms with Gasteiger partial charge in [-0.15, -0.1) is 0 Å². The number of aliphatic hydroxyl groups is 8. The Morgan fingerprint density at radius 3 is 1.45 bits per heavy atom. The molecule has 1 aliphatic rings. The van der Waals surface area contributed by atoms with Crippen molar-refractivity contribution in [1.29, 1.82) is 0 Å². The van der Waals surface area contributed by atoms with Crippen molar-refractivity contribution in [2.75, 3.05) is 11.5 Å².